The van der Waals surface area contributed by atoms with Gasteiger partial charge in [0.2, 0.25) is 0 Å². The molecule has 0 amide bonds. The molecule has 0 N–H and O–H groups in total. The largest absolute Gasteiger partial charge is 0.420 e. The highest BCUT2D eigenvalue weighted by molar-refractivity contribution is 6.31. The molecule has 2 rings (SSSR count). The van der Waals surface area contributed by atoms with Crippen LogP contribution in [0.1, 0.15) is 34.1 Å². The zero-order valence-corrected chi connectivity index (χ0v) is 12.4. The van der Waals surface area contributed by atoms with Crippen LogP contribution in [-0.2, 0) is 4.43 Å². The van der Waals surface area contributed by atoms with Crippen LogP contribution in [0.3, 0.4) is 0 Å². The summed E-state index contributed by atoms with van der Waals surface area (Å²) in [6.45, 7) is 9.26. The summed E-state index contributed by atoms with van der Waals surface area (Å²) in [5.74, 6) is 2.16. The van der Waals surface area contributed by atoms with Gasteiger partial charge in [0.25, 0.3) is 0 Å². The van der Waals surface area contributed by atoms with E-state index in [0.717, 1.165) is 11.8 Å². The van der Waals surface area contributed by atoms with Crippen molar-refractivity contribution in [3.8, 4) is 0 Å². The first kappa shape index (κ1) is 12.1. The molecule has 0 radical (unpaired) electrons. The summed E-state index contributed by atoms with van der Waals surface area (Å²) in [5, 5.41) is 0.412. The summed E-state index contributed by atoms with van der Waals surface area (Å²) < 4.78 is 6.26. The number of rotatable bonds is 2. The molecule has 1 nitrogen and oxygen atoms in total. The fourth-order valence-corrected chi connectivity index (χ4v) is 3.87. The van der Waals surface area contributed by atoms with Gasteiger partial charge in [-0.1, -0.05) is 52.0 Å². The van der Waals surface area contributed by atoms with Gasteiger partial charge in [-0.05, 0) is 23.3 Å². The van der Waals surface area contributed by atoms with Gasteiger partial charge < -0.3 is 4.43 Å². The smallest absolute Gasteiger partial charge is 0.167 e. The van der Waals surface area contributed by atoms with Crippen molar-refractivity contribution in [3.05, 3.63) is 24.3 Å². The molecule has 0 saturated heterocycles. The van der Waals surface area contributed by atoms with E-state index in [2.05, 4.69) is 52.0 Å². The first-order valence-corrected chi connectivity index (χ1v) is 7.72. The van der Waals surface area contributed by atoms with Gasteiger partial charge in [0, 0.05) is 5.92 Å². The Morgan fingerprint density at radius 2 is 1.75 bits per heavy atom. The van der Waals surface area contributed by atoms with Crippen molar-refractivity contribution < 1.29 is 4.43 Å². The second kappa shape index (κ2) is 4.50. The van der Waals surface area contributed by atoms with Crippen LogP contribution in [-0.4, -0.2) is 15.9 Å². The molecule has 2 aliphatic rings. The lowest BCUT2D eigenvalue weighted by atomic mass is 9.87. The average Bonchev–Trinajstić information content (AvgIpc) is 2.53. The van der Waals surface area contributed by atoms with E-state index >= 15 is 0 Å². The van der Waals surface area contributed by atoms with Crippen molar-refractivity contribution in [2.45, 2.75) is 45.3 Å². The van der Waals surface area contributed by atoms with Gasteiger partial charge in [-0.3, -0.25) is 0 Å². The Morgan fingerprint density at radius 3 is 2.38 bits per heavy atom. The van der Waals surface area contributed by atoms with Crippen LogP contribution in [0.4, 0.5) is 0 Å². The van der Waals surface area contributed by atoms with Crippen LogP contribution in [0.25, 0.3) is 0 Å². The Labute approximate surface area is 102 Å². The molecule has 0 bridgehead atoms. The molecule has 0 heterocycles. The van der Waals surface area contributed by atoms with Crippen molar-refractivity contribution >= 4 is 9.76 Å². The van der Waals surface area contributed by atoms with Crippen LogP contribution in [0.15, 0.2) is 24.3 Å². The quantitative estimate of drug-likeness (QED) is 0.670. The summed E-state index contributed by atoms with van der Waals surface area (Å²) in [5.41, 5.74) is 0. The minimum atomic E-state index is -0.408. The van der Waals surface area contributed by atoms with Gasteiger partial charge in [-0.2, -0.15) is 0 Å². The highest BCUT2D eigenvalue weighted by Gasteiger charge is 2.39. The molecule has 0 spiro atoms. The molecular weight excluding hydrogens is 212 g/mol. The summed E-state index contributed by atoms with van der Waals surface area (Å²) in [6.07, 6.45) is 10.8. The Bertz CT molecular complexity index is 300. The Hall–Kier alpha value is -0.343. The van der Waals surface area contributed by atoms with Gasteiger partial charge in [0.15, 0.2) is 9.76 Å². The molecule has 1 fully saturated rings. The van der Waals surface area contributed by atoms with Gasteiger partial charge in [0.05, 0.1) is 6.10 Å². The van der Waals surface area contributed by atoms with E-state index in [0.29, 0.717) is 17.1 Å². The third kappa shape index (κ3) is 2.66. The van der Waals surface area contributed by atoms with E-state index in [1.165, 1.54) is 6.42 Å². The normalized spacial score (nSPS) is 38.5. The molecular formula is C14H24OSi. The standard InChI is InChI=1S/C14H24OSi/c1-10-9-13(15-16-14(2,3)4)12-8-6-5-7-11(10)12/h5-8,10-13H,9,16H2,1-4H3. The lowest BCUT2D eigenvalue weighted by Crippen LogP contribution is -2.26. The van der Waals surface area contributed by atoms with Gasteiger partial charge in [-0.25, -0.2) is 0 Å². The number of hydrogen-bond donors (Lipinski definition) is 0. The monoisotopic (exact) mass is 236 g/mol. The van der Waals surface area contributed by atoms with Crippen LogP contribution in [0, 0.1) is 17.8 Å². The molecule has 2 aliphatic carbocycles. The zero-order valence-electron chi connectivity index (χ0n) is 10.9. The molecule has 0 aliphatic heterocycles. The maximum absolute atomic E-state index is 6.26. The average molecular weight is 236 g/mol. The molecule has 0 aromatic heterocycles. The van der Waals surface area contributed by atoms with E-state index in [9.17, 15) is 0 Å². The van der Waals surface area contributed by atoms with Crippen LogP contribution >= 0.6 is 0 Å². The Kier molecular flexibility index (Phi) is 3.41. The minimum Gasteiger partial charge on any atom is -0.420 e. The summed E-state index contributed by atoms with van der Waals surface area (Å²) in [7, 11) is -0.408. The third-order valence-corrected chi connectivity index (χ3v) is 5.10. The summed E-state index contributed by atoms with van der Waals surface area (Å²) in [6, 6.07) is 0. The predicted octanol–water partition coefficient (Wildman–Crippen LogP) is 3.07. The summed E-state index contributed by atoms with van der Waals surface area (Å²) in [4.78, 5) is 0. The zero-order chi connectivity index (χ0) is 11.8. The maximum atomic E-state index is 6.26. The molecule has 0 aromatic carbocycles. The van der Waals surface area contributed by atoms with E-state index in [1.54, 1.807) is 0 Å². The molecule has 2 heteroatoms. The minimum absolute atomic E-state index is 0.408. The first-order chi connectivity index (χ1) is 7.47. The molecule has 4 unspecified atom stereocenters. The second-order valence-corrected chi connectivity index (χ2v) is 9.29. The Morgan fingerprint density at radius 1 is 1.12 bits per heavy atom. The molecule has 90 valence electrons. The van der Waals surface area contributed by atoms with Crippen molar-refractivity contribution in [3.63, 3.8) is 0 Å². The van der Waals surface area contributed by atoms with Crippen LogP contribution in [0.2, 0.25) is 5.04 Å². The lowest BCUT2D eigenvalue weighted by Gasteiger charge is -2.26. The molecule has 16 heavy (non-hydrogen) atoms. The van der Waals surface area contributed by atoms with Crippen LogP contribution < -0.4 is 0 Å². The van der Waals surface area contributed by atoms with E-state index in [4.69, 9.17) is 4.43 Å². The second-order valence-electron chi connectivity index (χ2n) is 6.55. The van der Waals surface area contributed by atoms with Crippen LogP contribution in [0.5, 0.6) is 0 Å². The van der Waals surface area contributed by atoms with Gasteiger partial charge in [-0.15, -0.1) is 0 Å². The fraction of sp³-hybridized carbons (Fsp3) is 0.714. The first-order valence-electron chi connectivity index (χ1n) is 6.44. The third-order valence-electron chi connectivity index (χ3n) is 3.64. The van der Waals surface area contributed by atoms with Crippen molar-refractivity contribution in [1.29, 1.82) is 0 Å². The summed E-state index contributed by atoms with van der Waals surface area (Å²) >= 11 is 0. The van der Waals surface area contributed by atoms with Crippen molar-refractivity contribution in [2.24, 2.45) is 17.8 Å². The fourth-order valence-electron chi connectivity index (χ4n) is 2.80. The number of fused-ring (bicyclic) bond motifs is 1. The van der Waals surface area contributed by atoms with E-state index in [1.807, 2.05) is 0 Å². The lowest BCUT2D eigenvalue weighted by molar-refractivity contribution is 0.173. The predicted molar refractivity (Wildman–Crippen MR) is 72.2 cm³/mol. The molecule has 0 aromatic rings. The van der Waals surface area contributed by atoms with Gasteiger partial charge >= 0.3 is 0 Å². The molecule has 4 atom stereocenters. The van der Waals surface area contributed by atoms with Crippen molar-refractivity contribution in [1.82, 2.24) is 0 Å². The molecule has 1 saturated carbocycles. The highest BCUT2D eigenvalue weighted by atomic mass is 28.2. The number of hydrogen-bond acceptors (Lipinski definition) is 1. The highest BCUT2D eigenvalue weighted by Crippen LogP contribution is 2.42. The van der Waals surface area contributed by atoms with Crippen molar-refractivity contribution in [2.75, 3.05) is 0 Å². The van der Waals surface area contributed by atoms with Gasteiger partial charge in [0.1, 0.15) is 0 Å². The van der Waals surface area contributed by atoms with E-state index < -0.39 is 9.76 Å². The maximum Gasteiger partial charge on any atom is 0.167 e. The number of allylic oxidation sites excluding steroid dienone is 3. The SMILES string of the molecule is CC1CC(O[SiH2]C(C)(C)C)C2C=CC=CC12. The Balaban J connectivity index is 1.97. The topological polar surface area (TPSA) is 9.23 Å². The van der Waals surface area contributed by atoms with E-state index in [-0.39, 0.29) is 0 Å².